The van der Waals surface area contributed by atoms with E-state index in [0.29, 0.717) is 28.4 Å². The van der Waals surface area contributed by atoms with Crippen LogP contribution in [0.15, 0.2) is 77.9 Å². The minimum atomic E-state index is -3.67. The van der Waals surface area contributed by atoms with Crippen LogP contribution in [0, 0.1) is 0 Å². The van der Waals surface area contributed by atoms with E-state index in [2.05, 4.69) is 15.8 Å². The van der Waals surface area contributed by atoms with Crippen LogP contribution in [0.3, 0.4) is 0 Å². The molecule has 0 unspecified atom stereocenters. The van der Waals surface area contributed by atoms with Gasteiger partial charge in [0.15, 0.2) is 6.61 Å². The maximum atomic E-state index is 12.4. The molecule has 0 radical (unpaired) electrons. The Kier molecular flexibility index (Phi) is 9.83. The molecule has 3 rings (SSSR count). The molecule has 0 heterocycles. The zero-order chi connectivity index (χ0) is 27.5. The Morgan fingerprint density at radius 3 is 2.13 bits per heavy atom. The Hall–Kier alpha value is -4.38. The van der Waals surface area contributed by atoms with Crippen LogP contribution in [-0.4, -0.2) is 53.0 Å². The van der Waals surface area contributed by atoms with Crippen LogP contribution in [0.25, 0.3) is 0 Å². The molecule has 10 nitrogen and oxygen atoms in total. The fourth-order valence-electron chi connectivity index (χ4n) is 3.31. The molecule has 3 aromatic rings. The molecular weight excluding hydrogens is 508 g/mol. The first-order valence-electron chi connectivity index (χ1n) is 11.7. The van der Waals surface area contributed by atoms with E-state index in [4.69, 9.17) is 9.47 Å². The molecule has 0 saturated heterocycles. The summed E-state index contributed by atoms with van der Waals surface area (Å²) < 4.78 is 36.1. The molecule has 3 aromatic carbocycles. The standard InChI is InChI=1S/C27H30N4O6S/c1-4-20-5-11-23(12-6-20)31(38(3,34)35)18-26(32)30-28-17-21-7-13-25(14-8-21)37-19-27(33)29-22-9-15-24(36-2)16-10-22/h5-17H,4,18-19H2,1-3H3,(H,29,33)(H,30,32)/b28-17-. The van der Waals surface area contributed by atoms with Crippen molar-refractivity contribution < 1.29 is 27.5 Å². The van der Waals surface area contributed by atoms with Gasteiger partial charge in [-0.05, 0) is 78.2 Å². The molecule has 0 aliphatic heterocycles. The Bertz CT molecular complexity index is 1360. The zero-order valence-electron chi connectivity index (χ0n) is 21.4. The van der Waals surface area contributed by atoms with E-state index in [1.54, 1.807) is 67.8 Å². The average Bonchev–Trinajstić information content (AvgIpc) is 2.91. The van der Waals surface area contributed by atoms with Crippen LogP contribution in [0.2, 0.25) is 0 Å². The van der Waals surface area contributed by atoms with Gasteiger partial charge in [-0.15, -0.1) is 0 Å². The molecule has 11 heteroatoms. The van der Waals surface area contributed by atoms with Gasteiger partial charge in [0.25, 0.3) is 11.8 Å². The number of hydrogen-bond donors (Lipinski definition) is 2. The highest BCUT2D eigenvalue weighted by Gasteiger charge is 2.20. The summed E-state index contributed by atoms with van der Waals surface area (Å²) in [5.41, 5.74) is 5.09. The lowest BCUT2D eigenvalue weighted by Crippen LogP contribution is -2.39. The molecule has 0 bridgehead atoms. The van der Waals surface area contributed by atoms with Crippen molar-refractivity contribution in [3.8, 4) is 11.5 Å². The lowest BCUT2D eigenvalue weighted by Gasteiger charge is -2.21. The van der Waals surface area contributed by atoms with E-state index >= 15 is 0 Å². The maximum Gasteiger partial charge on any atom is 0.262 e. The van der Waals surface area contributed by atoms with Crippen molar-refractivity contribution in [3.05, 3.63) is 83.9 Å². The molecule has 0 aliphatic rings. The van der Waals surface area contributed by atoms with Crippen molar-refractivity contribution in [2.24, 2.45) is 5.10 Å². The number of carbonyl (C=O) groups is 2. The number of methoxy groups -OCH3 is 1. The first-order valence-corrected chi connectivity index (χ1v) is 13.6. The Balaban J connectivity index is 1.48. The van der Waals surface area contributed by atoms with E-state index in [1.165, 1.54) is 6.21 Å². The first kappa shape index (κ1) is 28.2. The predicted octanol–water partition coefficient (Wildman–Crippen LogP) is 3.19. The van der Waals surface area contributed by atoms with E-state index in [9.17, 15) is 18.0 Å². The number of aryl methyl sites for hydroxylation is 1. The van der Waals surface area contributed by atoms with Gasteiger partial charge < -0.3 is 14.8 Å². The van der Waals surface area contributed by atoms with Gasteiger partial charge in [0.2, 0.25) is 10.0 Å². The van der Waals surface area contributed by atoms with Crippen molar-refractivity contribution in [1.29, 1.82) is 0 Å². The number of anilines is 2. The number of benzene rings is 3. The number of sulfonamides is 1. The van der Waals surface area contributed by atoms with Gasteiger partial charge in [-0.3, -0.25) is 13.9 Å². The van der Waals surface area contributed by atoms with Crippen molar-refractivity contribution in [2.45, 2.75) is 13.3 Å². The molecule has 2 N–H and O–H groups in total. The summed E-state index contributed by atoms with van der Waals surface area (Å²) in [4.78, 5) is 24.5. The number of rotatable bonds is 12. The minimum Gasteiger partial charge on any atom is -0.497 e. The van der Waals surface area contributed by atoms with Gasteiger partial charge in [0, 0.05) is 5.69 Å². The smallest absolute Gasteiger partial charge is 0.262 e. The third-order valence-corrected chi connectivity index (χ3v) is 6.49. The summed E-state index contributed by atoms with van der Waals surface area (Å²) in [5, 5.41) is 6.63. The van der Waals surface area contributed by atoms with Crippen LogP contribution in [0.4, 0.5) is 11.4 Å². The van der Waals surface area contributed by atoms with Crippen molar-refractivity contribution in [1.82, 2.24) is 5.43 Å². The Morgan fingerprint density at radius 2 is 1.55 bits per heavy atom. The van der Waals surface area contributed by atoms with Crippen molar-refractivity contribution in [2.75, 3.05) is 36.1 Å². The predicted molar refractivity (Wildman–Crippen MR) is 147 cm³/mol. The highest BCUT2D eigenvalue weighted by molar-refractivity contribution is 7.92. The summed E-state index contributed by atoms with van der Waals surface area (Å²) >= 11 is 0. The zero-order valence-corrected chi connectivity index (χ0v) is 22.2. The summed E-state index contributed by atoms with van der Waals surface area (Å²) in [6.07, 6.45) is 3.28. The summed E-state index contributed by atoms with van der Waals surface area (Å²) in [5.74, 6) is 0.270. The number of nitrogens with zero attached hydrogens (tertiary/aromatic N) is 2. The molecule has 0 aromatic heterocycles. The number of hydrazone groups is 1. The lowest BCUT2D eigenvalue weighted by molar-refractivity contribution is -0.119. The number of hydrogen-bond acceptors (Lipinski definition) is 7. The van der Waals surface area contributed by atoms with Gasteiger partial charge in [-0.1, -0.05) is 19.1 Å². The van der Waals surface area contributed by atoms with E-state index < -0.39 is 22.5 Å². The maximum absolute atomic E-state index is 12.4. The summed E-state index contributed by atoms with van der Waals surface area (Å²) in [6.45, 7) is 1.42. The molecule has 0 saturated carbocycles. The van der Waals surface area contributed by atoms with Crippen LogP contribution < -0.4 is 24.5 Å². The van der Waals surface area contributed by atoms with E-state index in [-0.39, 0.29) is 12.5 Å². The number of ether oxygens (including phenoxy) is 2. The van der Waals surface area contributed by atoms with Gasteiger partial charge in [-0.25, -0.2) is 13.8 Å². The monoisotopic (exact) mass is 538 g/mol. The van der Waals surface area contributed by atoms with Crippen LogP contribution >= 0.6 is 0 Å². The van der Waals surface area contributed by atoms with Gasteiger partial charge in [0.05, 0.1) is 25.3 Å². The van der Waals surface area contributed by atoms with Gasteiger partial charge in [-0.2, -0.15) is 5.10 Å². The second-order valence-electron chi connectivity index (χ2n) is 8.22. The van der Waals surface area contributed by atoms with Gasteiger partial charge >= 0.3 is 0 Å². The fourth-order valence-corrected chi connectivity index (χ4v) is 4.17. The van der Waals surface area contributed by atoms with Crippen LogP contribution in [0.1, 0.15) is 18.1 Å². The van der Waals surface area contributed by atoms with Crippen LogP contribution in [-0.2, 0) is 26.0 Å². The quantitative estimate of drug-likeness (QED) is 0.269. The molecule has 2 amide bonds. The molecule has 0 atom stereocenters. The van der Waals surface area contributed by atoms with Crippen molar-refractivity contribution in [3.63, 3.8) is 0 Å². The minimum absolute atomic E-state index is 0.173. The third-order valence-electron chi connectivity index (χ3n) is 5.35. The summed E-state index contributed by atoms with van der Waals surface area (Å²) in [6, 6.07) is 20.6. The topological polar surface area (TPSA) is 126 Å². The normalized spacial score (nSPS) is 11.1. The highest BCUT2D eigenvalue weighted by Crippen LogP contribution is 2.19. The first-order chi connectivity index (χ1) is 18.2. The molecule has 38 heavy (non-hydrogen) atoms. The number of carbonyl (C=O) groups excluding carboxylic acids is 2. The molecule has 0 spiro atoms. The Morgan fingerprint density at radius 1 is 0.921 bits per heavy atom. The van der Waals surface area contributed by atoms with Gasteiger partial charge in [0.1, 0.15) is 18.0 Å². The average molecular weight is 539 g/mol. The second-order valence-corrected chi connectivity index (χ2v) is 10.1. The number of amides is 2. The SMILES string of the molecule is CCc1ccc(N(CC(=O)N/N=C\c2ccc(OCC(=O)Nc3ccc(OC)cc3)cc2)S(C)(=O)=O)cc1. The summed E-state index contributed by atoms with van der Waals surface area (Å²) in [7, 11) is -2.11. The second kappa shape index (κ2) is 13.2. The molecular formula is C27H30N4O6S. The van der Waals surface area contributed by atoms with Crippen LogP contribution in [0.5, 0.6) is 11.5 Å². The highest BCUT2D eigenvalue weighted by atomic mass is 32.2. The lowest BCUT2D eigenvalue weighted by atomic mass is 10.1. The largest absolute Gasteiger partial charge is 0.497 e. The number of nitrogens with one attached hydrogen (secondary N) is 2. The molecule has 0 aliphatic carbocycles. The van der Waals surface area contributed by atoms with E-state index in [0.717, 1.165) is 22.5 Å². The fraction of sp³-hybridized carbons (Fsp3) is 0.222. The third kappa shape index (κ3) is 8.63. The Labute approximate surface area is 222 Å². The molecule has 200 valence electrons. The molecule has 0 fully saturated rings. The van der Waals surface area contributed by atoms with Crippen molar-refractivity contribution >= 4 is 39.4 Å². The van der Waals surface area contributed by atoms with E-state index in [1.807, 2.05) is 19.1 Å².